The zero-order valence-corrected chi connectivity index (χ0v) is 15.0. The number of rotatable bonds is 4. The van der Waals surface area contributed by atoms with Crippen LogP contribution >= 0.6 is 22.9 Å². The van der Waals surface area contributed by atoms with Crippen LogP contribution in [0.25, 0.3) is 0 Å². The molecule has 0 saturated carbocycles. The van der Waals surface area contributed by atoms with E-state index in [1.165, 1.54) is 16.7 Å². The predicted octanol–water partition coefficient (Wildman–Crippen LogP) is 6.00. The smallest absolute Gasteiger partial charge is 0.0663 e. The first-order valence-corrected chi connectivity index (χ1v) is 8.71. The number of benzene rings is 1. The molecular formula is C18H24ClNS. The van der Waals surface area contributed by atoms with E-state index in [1.54, 1.807) is 11.3 Å². The van der Waals surface area contributed by atoms with Crippen LogP contribution in [0.3, 0.4) is 0 Å². The minimum atomic E-state index is -0.144. The minimum Gasteiger partial charge on any atom is -0.320 e. The molecule has 21 heavy (non-hydrogen) atoms. The van der Waals surface area contributed by atoms with Gasteiger partial charge in [0.2, 0.25) is 0 Å². The maximum atomic E-state index is 6.52. The van der Waals surface area contributed by atoms with Crippen molar-refractivity contribution in [2.75, 3.05) is 0 Å². The lowest BCUT2D eigenvalue weighted by molar-refractivity contribution is 0.787. The van der Waals surface area contributed by atoms with Gasteiger partial charge in [0.15, 0.2) is 0 Å². The molecule has 1 nitrogen and oxygen atoms in total. The van der Waals surface area contributed by atoms with E-state index in [0.717, 1.165) is 15.5 Å². The number of thiophene rings is 1. The molecule has 0 aliphatic carbocycles. The highest BCUT2D eigenvalue weighted by Gasteiger charge is 2.20. The third-order valence-electron chi connectivity index (χ3n) is 3.94. The summed E-state index contributed by atoms with van der Waals surface area (Å²) < 4.78 is 0. The third-order valence-corrected chi connectivity index (χ3v) is 5.74. The molecule has 0 saturated heterocycles. The Hall–Kier alpha value is -0.830. The van der Waals surface area contributed by atoms with Gasteiger partial charge in [-0.3, -0.25) is 0 Å². The Kier molecular flexibility index (Phi) is 5.13. The molecule has 1 aromatic heterocycles. The van der Waals surface area contributed by atoms with Gasteiger partial charge in [0, 0.05) is 4.88 Å². The van der Waals surface area contributed by atoms with Crippen molar-refractivity contribution in [1.82, 2.24) is 0 Å². The number of hydrogen-bond donors (Lipinski definition) is 1. The molecule has 1 aromatic carbocycles. The van der Waals surface area contributed by atoms with Gasteiger partial charge in [0.1, 0.15) is 0 Å². The van der Waals surface area contributed by atoms with E-state index in [-0.39, 0.29) is 6.04 Å². The maximum absolute atomic E-state index is 6.52. The highest BCUT2D eigenvalue weighted by Crippen LogP contribution is 2.37. The van der Waals surface area contributed by atoms with E-state index in [1.807, 2.05) is 6.92 Å². The lowest BCUT2D eigenvalue weighted by Crippen LogP contribution is -2.14. The van der Waals surface area contributed by atoms with Gasteiger partial charge >= 0.3 is 0 Å². The van der Waals surface area contributed by atoms with E-state index in [2.05, 4.69) is 51.3 Å². The molecule has 2 aromatic rings. The SMILES string of the molecule is Cc1csc(C(N)c2ccc(C(C)C)cc2C(C)C)c1Cl. The van der Waals surface area contributed by atoms with Gasteiger partial charge in [0.05, 0.1) is 11.1 Å². The van der Waals surface area contributed by atoms with Crippen molar-refractivity contribution in [2.24, 2.45) is 5.73 Å². The van der Waals surface area contributed by atoms with E-state index < -0.39 is 0 Å². The van der Waals surface area contributed by atoms with Crippen LogP contribution < -0.4 is 5.73 Å². The van der Waals surface area contributed by atoms with Crippen LogP contribution in [0.4, 0.5) is 0 Å². The van der Waals surface area contributed by atoms with Crippen molar-refractivity contribution in [3.63, 3.8) is 0 Å². The largest absolute Gasteiger partial charge is 0.320 e. The van der Waals surface area contributed by atoms with Gasteiger partial charge in [0.25, 0.3) is 0 Å². The zero-order chi connectivity index (χ0) is 15.7. The van der Waals surface area contributed by atoms with Crippen molar-refractivity contribution in [1.29, 1.82) is 0 Å². The van der Waals surface area contributed by atoms with Crippen LogP contribution in [0.2, 0.25) is 5.02 Å². The van der Waals surface area contributed by atoms with Gasteiger partial charge < -0.3 is 5.73 Å². The topological polar surface area (TPSA) is 26.0 Å². The lowest BCUT2D eigenvalue weighted by Gasteiger charge is -2.20. The summed E-state index contributed by atoms with van der Waals surface area (Å²) in [6, 6.07) is 6.54. The van der Waals surface area contributed by atoms with Gasteiger partial charge in [-0.25, -0.2) is 0 Å². The second-order valence-corrected chi connectivity index (χ2v) is 7.56. The monoisotopic (exact) mass is 321 g/mol. The summed E-state index contributed by atoms with van der Waals surface area (Å²) in [5, 5.41) is 2.89. The van der Waals surface area contributed by atoms with Crippen LogP contribution in [0.1, 0.15) is 72.7 Å². The minimum absolute atomic E-state index is 0.144. The van der Waals surface area contributed by atoms with Gasteiger partial charge in [-0.1, -0.05) is 57.5 Å². The zero-order valence-electron chi connectivity index (χ0n) is 13.4. The van der Waals surface area contributed by atoms with Crippen LogP contribution in [0.15, 0.2) is 23.6 Å². The first kappa shape index (κ1) is 16.5. The Morgan fingerprint density at radius 1 is 1.05 bits per heavy atom. The first-order valence-electron chi connectivity index (χ1n) is 7.45. The maximum Gasteiger partial charge on any atom is 0.0663 e. The fourth-order valence-corrected chi connectivity index (χ4v) is 3.87. The first-order chi connectivity index (χ1) is 9.82. The summed E-state index contributed by atoms with van der Waals surface area (Å²) in [6.45, 7) is 10.9. The van der Waals surface area contributed by atoms with Crippen molar-refractivity contribution in [3.8, 4) is 0 Å². The van der Waals surface area contributed by atoms with Crippen LogP contribution in [-0.2, 0) is 0 Å². The standard InChI is InChI=1S/C18H24ClNS/c1-10(2)13-6-7-14(15(8-13)11(3)4)17(20)18-16(19)12(5)9-21-18/h6-11,17H,20H2,1-5H3. The Labute approximate surface area is 137 Å². The fourth-order valence-electron chi connectivity index (χ4n) is 2.54. The molecule has 0 aliphatic rings. The molecule has 0 amide bonds. The number of halogens is 1. The molecule has 0 spiro atoms. The van der Waals surface area contributed by atoms with Crippen LogP contribution in [0, 0.1) is 6.92 Å². The Morgan fingerprint density at radius 2 is 1.71 bits per heavy atom. The van der Waals surface area contributed by atoms with E-state index in [4.69, 9.17) is 17.3 Å². The van der Waals surface area contributed by atoms with Crippen molar-refractivity contribution < 1.29 is 0 Å². The highest BCUT2D eigenvalue weighted by molar-refractivity contribution is 7.10. The number of aryl methyl sites for hydroxylation is 1. The summed E-state index contributed by atoms with van der Waals surface area (Å²) in [4.78, 5) is 1.06. The van der Waals surface area contributed by atoms with Gasteiger partial charge in [-0.2, -0.15) is 0 Å². The van der Waals surface area contributed by atoms with Crippen molar-refractivity contribution >= 4 is 22.9 Å². The second kappa shape index (κ2) is 6.51. The molecular weight excluding hydrogens is 298 g/mol. The average molecular weight is 322 g/mol. The summed E-state index contributed by atoms with van der Waals surface area (Å²) in [5.41, 5.74) is 11.5. The Bertz CT molecular complexity index is 628. The molecule has 2 rings (SSSR count). The molecule has 114 valence electrons. The molecule has 1 atom stereocenters. The summed E-state index contributed by atoms with van der Waals surface area (Å²) in [5.74, 6) is 0.977. The second-order valence-electron chi connectivity index (χ2n) is 6.27. The molecule has 0 radical (unpaired) electrons. The summed E-state index contributed by atoms with van der Waals surface area (Å²) in [6.07, 6.45) is 0. The van der Waals surface area contributed by atoms with Crippen LogP contribution in [-0.4, -0.2) is 0 Å². The molecule has 0 fully saturated rings. The molecule has 0 bridgehead atoms. The normalized spacial score (nSPS) is 13.2. The summed E-state index contributed by atoms with van der Waals surface area (Å²) in [7, 11) is 0. The van der Waals surface area contributed by atoms with E-state index in [0.29, 0.717) is 11.8 Å². The van der Waals surface area contributed by atoms with Crippen molar-refractivity contribution in [2.45, 2.75) is 52.5 Å². The fraction of sp³-hybridized carbons (Fsp3) is 0.444. The van der Waals surface area contributed by atoms with E-state index in [9.17, 15) is 0 Å². The lowest BCUT2D eigenvalue weighted by atomic mass is 9.88. The average Bonchev–Trinajstić information content (AvgIpc) is 2.77. The molecule has 1 heterocycles. The predicted molar refractivity (Wildman–Crippen MR) is 94.7 cm³/mol. The number of nitrogens with two attached hydrogens (primary N) is 1. The third kappa shape index (κ3) is 3.33. The molecule has 2 N–H and O–H groups in total. The van der Waals surface area contributed by atoms with Gasteiger partial charge in [-0.15, -0.1) is 11.3 Å². The quantitative estimate of drug-likeness (QED) is 0.733. The molecule has 0 aliphatic heterocycles. The Balaban J connectivity index is 2.50. The molecule has 1 unspecified atom stereocenters. The van der Waals surface area contributed by atoms with Crippen molar-refractivity contribution in [3.05, 3.63) is 55.7 Å². The number of hydrogen-bond acceptors (Lipinski definition) is 2. The van der Waals surface area contributed by atoms with Gasteiger partial charge in [-0.05, 0) is 46.4 Å². The Morgan fingerprint density at radius 3 is 2.19 bits per heavy atom. The van der Waals surface area contributed by atoms with E-state index >= 15 is 0 Å². The molecule has 3 heteroatoms. The van der Waals surface area contributed by atoms with Crippen LogP contribution in [0.5, 0.6) is 0 Å². The summed E-state index contributed by atoms with van der Waals surface area (Å²) >= 11 is 8.05. The highest BCUT2D eigenvalue weighted by atomic mass is 35.5.